The number of pyridine rings is 1. The first-order valence-corrected chi connectivity index (χ1v) is 8.38. The summed E-state index contributed by atoms with van der Waals surface area (Å²) in [5.74, 6) is 0.231. The van der Waals surface area contributed by atoms with E-state index in [0.29, 0.717) is 30.9 Å². The number of hydrogen-bond acceptors (Lipinski definition) is 5. The van der Waals surface area contributed by atoms with Crippen molar-refractivity contribution in [1.82, 2.24) is 10.3 Å². The first-order chi connectivity index (χ1) is 12.6. The van der Waals surface area contributed by atoms with Gasteiger partial charge in [-0.15, -0.1) is 0 Å². The average molecular weight is 374 g/mol. The number of nitrogens with zero attached hydrogens (tertiary/aromatic N) is 1. The Morgan fingerprint density at radius 1 is 1.38 bits per heavy atom. The highest BCUT2D eigenvalue weighted by Gasteiger charge is 2.29. The average Bonchev–Trinajstić information content (AvgIpc) is 2.66. The standard InChI is InChI=1S/C18H16ClN3O4/c19-14-7-12(9-21-18(14)24)17(23)22-15-10-25-6-5-16(15)26-13-3-1-11(8-20)2-4-13/h1-4,7,9,15-16H,5-6,10H2,(H,21,24)(H,22,23)/t15-,16-/m1/s1. The summed E-state index contributed by atoms with van der Waals surface area (Å²) in [7, 11) is 0. The summed E-state index contributed by atoms with van der Waals surface area (Å²) < 4.78 is 11.4. The van der Waals surface area contributed by atoms with Crippen molar-refractivity contribution in [3.05, 3.63) is 63.0 Å². The van der Waals surface area contributed by atoms with Crippen molar-refractivity contribution >= 4 is 17.5 Å². The van der Waals surface area contributed by atoms with Gasteiger partial charge in [0.25, 0.3) is 11.5 Å². The third kappa shape index (κ3) is 4.23. The number of ether oxygens (including phenoxy) is 2. The van der Waals surface area contributed by atoms with Crippen LogP contribution >= 0.6 is 11.6 Å². The zero-order valence-electron chi connectivity index (χ0n) is 13.7. The van der Waals surface area contributed by atoms with Crippen molar-refractivity contribution in [2.24, 2.45) is 0 Å². The van der Waals surface area contributed by atoms with E-state index in [1.54, 1.807) is 24.3 Å². The van der Waals surface area contributed by atoms with Crippen LogP contribution in [0.15, 0.2) is 41.3 Å². The van der Waals surface area contributed by atoms with Crippen LogP contribution in [-0.4, -0.2) is 36.3 Å². The van der Waals surface area contributed by atoms with E-state index in [0.717, 1.165) is 0 Å². The highest BCUT2D eigenvalue weighted by Crippen LogP contribution is 2.19. The molecule has 0 radical (unpaired) electrons. The van der Waals surface area contributed by atoms with Crippen molar-refractivity contribution in [1.29, 1.82) is 5.26 Å². The van der Waals surface area contributed by atoms with Gasteiger partial charge in [0.2, 0.25) is 0 Å². The van der Waals surface area contributed by atoms with Gasteiger partial charge in [-0.1, -0.05) is 11.6 Å². The molecule has 2 N–H and O–H groups in total. The number of aromatic amines is 1. The van der Waals surface area contributed by atoms with E-state index in [1.807, 2.05) is 0 Å². The van der Waals surface area contributed by atoms with E-state index in [1.165, 1.54) is 12.3 Å². The van der Waals surface area contributed by atoms with Gasteiger partial charge in [0.15, 0.2) is 0 Å². The number of aromatic nitrogens is 1. The molecule has 1 aliphatic rings. The number of carbonyl (C=O) groups is 1. The van der Waals surface area contributed by atoms with Gasteiger partial charge in [0, 0.05) is 12.6 Å². The molecule has 0 spiro atoms. The molecule has 0 aliphatic carbocycles. The second-order valence-electron chi connectivity index (χ2n) is 5.80. The Morgan fingerprint density at radius 2 is 2.15 bits per heavy atom. The number of nitrogens with one attached hydrogen (secondary N) is 2. The topological polar surface area (TPSA) is 104 Å². The Kier molecular flexibility index (Phi) is 5.56. The van der Waals surface area contributed by atoms with Crippen molar-refractivity contribution in [2.75, 3.05) is 13.2 Å². The van der Waals surface area contributed by atoms with Crippen LogP contribution in [-0.2, 0) is 4.74 Å². The lowest BCUT2D eigenvalue weighted by Crippen LogP contribution is -2.51. The molecule has 1 saturated heterocycles. The zero-order valence-corrected chi connectivity index (χ0v) is 14.5. The second-order valence-corrected chi connectivity index (χ2v) is 6.21. The lowest BCUT2D eigenvalue weighted by Gasteiger charge is -2.32. The van der Waals surface area contributed by atoms with Gasteiger partial charge in [0.1, 0.15) is 16.9 Å². The van der Waals surface area contributed by atoms with E-state index in [9.17, 15) is 9.59 Å². The van der Waals surface area contributed by atoms with Gasteiger partial charge < -0.3 is 19.8 Å². The minimum Gasteiger partial charge on any atom is -0.488 e. The predicted molar refractivity (Wildman–Crippen MR) is 94.3 cm³/mol. The number of halogens is 1. The number of amides is 1. The van der Waals surface area contributed by atoms with E-state index in [-0.39, 0.29) is 28.6 Å². The van der Waals surface area contributed by atoms with Gasteiger partial charge in [0.05, 0.1) is 36.5 Å². The number of hydrogen-bond donors (Lipinski definition) is 2. The zero-order chi connectivity index (χ0) is 18.5. The molecule has 1 aliphatic heterocycles. The number of nitriles is 1. The van der Waals surface area contributed by atoms with E-state index >= 15 is 0 Å². The smallest absolute Gasteiger partial charge is 0.266 e. The summed E-state index contributed by atoms with van der Waals surface area (Å²) in [5.41, 5.74) is 0.340. The summed E-state index contributed by atoms with van der Waals surface area (Å²) in [6.07, 6.45) is 1.64. The van der Waals surface area contributed by atoms with Crippen molar-refractivity contribution in [3.8, 4) is 11.8 Å². The number of benzene rings is 1. The normalized spacial score (nSPS) is 19.4. The maximum absolute atomic E-state index is 12.4. The quantitative estimate of drug-likeness (QED) is 0.851. The summed E-state index contributed by atoms with van der Waals surface area (Å²) >= 11 is 5.77. The van der Waals surface area contributed by atoms with Crippen molar-refractivity contribution in [2.45, 2.75) is 18.6 Å². The van der Waals surface area contributed by atoms with Gasteiger partial charge in [-0.3, -0.25) is 9.59 Å². The summed E-state index contributed by atoms with van der Waals surface area (Å²) in [5, 5.41) is 11.6. The predicted octanol–water partition coefficient (Wildman–Crippen LogP) is 1.87. The Hall–Kier alpha value is -2.82. The molecular formula is C18H16ClN3O4. The lowest BCUT2D eigenvalue weighted by atomic mass is 10.1. The lowest BCUT2D eigenvalue weighted by molar-refractivity contribution is -0.00288. The Balaban J connectivity index is 1.69. The number of H-pyrrole nitrogens is 1. The van der Waals surface area contributed by atoms with Crippen LogP contribution in [0.25, 0.3) is 0 Å². The summed E-state index contributed by atoms with van der Waals surface area (Å²) in [6.45, 7) is 0.835. The minimum absolute atomic E-state index is 0.0528. The molecule has 2 atom stereocenters. The minimum atomic E-state index is -0.453. The maximum atomic E-state index is 12.4. The molecule has 7 nitrogen and oxygen atoms in total. The van der Waals surface area contributed by atoms with Crippen LogP contribution in [0.5, 0.6) is 5.75 Å². The van der Waals surface area contributed by atoms with Crippen LogP contribution in [0.4, 0.5) is 0 Å². The number of carbonyl (C=O) groups excluding carboxylic acids is 1. The van der Waals surface area contributed by atoms with Crippen LogP contribution in [0.1, 0.15) is 22.3 Å². The highest BCUT2D eigenvalue weighted by atomic mass is 35.5. The number of rotatable bonds is 4. The molecule has 2 aromatic rings. The highest BCUT2D eigenvalue weighted by molar-refractivity contribution is 6.30. The Labute approximate surface area is 154 Å². The largest absolute Gasteiger partial charge is 0.488 e. The third-order valence-corrected chi connectivity index (χ3v) is 4.28. The molecule has 8 heteroatoms. The van der Waals surface area contributed by atoms with Crippen LogP contribution in [0, 0.1) is 11.3 Å². The monoisotopic (exact) mass is 373 g/mol. The molecule has 0 saturated carbocycles. The molecule has 3 rings (SSSR count). The Morgan fingerprint density at radius 3 is 2.85 bits per heavy atom. The maximum Gasteiger partial charge on any atom is 0.266 e. The molecule has 1 fully saturated rings. The van der Waals surface area contributed by atoms with Crippen LogP contribution in [0.3, 0.4) is 0 Å². The molecule has 1 aromatic heterocycles. The van der Waals surface area contributed by atoms with E-state index < -0.39 is 5.56 Å². The fourth-order valence-electron chi connectivity index (χ4n) is 2.62. The molecule has 0 bridgehead atoms. The molecule has 2 heterocycles. The van der Waals surface area contributed by atoms with Gasteiger partial charge >= 0.3 is 0 Å². The van der Waals surface area contributed by atoms with Gasteiger partial charge in [-0.25, -0.2) is 0 Å². The first kappa shape index (κ1) is 18.0. The molecule has 134 valence electrons. The molecule has 26 heavy (non-hydrogen) atoms. The fraction of sp³-hybridized carbons (Fsp3) is 0.278. The molecular weight excluding hydrogens is 358 g/mol. The fourth-order valence-corrected chi connectivity index (χ4v) is 2.79. The Bertz CT molecular complexity index is 889. The first-order valence-electron chi connectivity index (χ1n) is 8.00. The van der Waals surface area contributed by atoms with Crippen LogP contribution in [0.2, 0.25) is 5.02 Å². The van der Waals surface area contributed by atoms with E-state index in [4.69, 9.17) is 26.3 Å². The second kappa shape index (κ2) is 8.04. The van der Waals surface area contributed by atoms with Gasteiger partial charge in [-0.05, 0) is 30.3 Å². The van der Waals surface area contributed by atoms with Crippen molar-refractivity contribution < 1.29 is 14.3 Å². The van der Waals surface area contributed by atoms with Crippen molar-refractivity contribution in [3.63, 3.8) is 0 Å². The summed E-state index contributed by atoms with van der Waals surface area (Å²) in [6, 6.07) is 9.78. The molecule has 1 aromatic carbocycles. The van der Waals surface area contributed by atoms with E-state index in [2.05, 4.69) is 16.4 Å². The SMILES string of the molecule is N#Cc1ccc(O[C@@H]2CCOC[C@H]2NC(=O)c2c[nH]c(=O)c(Cl)c2)cc1. The van der Waals surface area contributed by atoms with Crippen LogP contribution < -0.4 is 15.6 Å². The third-order valence-electron chi connectivity index (χ3n) is 4.00. The summed E-state index contributed by atoms with van der Waals surface area (Å²) in [4.78, 5) is 26.1. The van der Waals surface area contributed by atoms with Gasteiger partial charge in [-0.2, -0.15) is 5.26 Å². The molecule has 0 unspecified atom stereocenters. The molecule has 1 amide bonds.